The number of hydrogen-bond donors (Lipinski definition) is 9. The van der Waals surface area contributed by atoms with Gasteiger partial charge in [-0.15, -0.1) is 0 Å². The summed E-state index contributed by atoms with van der Waals surface area (Å²) in [4.78, 5) is 21.6. The number of nitrogens with one attached hydrogen (secondary N) is 3. The average molecular weight is 597 g/mol. The molecule has 0 atom stereocenters. The van der Waals surface area contributed by atoms with E-state index < -0.39 is 7.82 Å². The van der Waals surface area contributed by atoms with Crippen molar-refractivity contribution < 1.29 is 19.2 Å². The van der Waals surface area contributed by atoms with E-state index in [-0.39, 0.29) is 15.5 Å². The van der Waals surface area contributed by atoms with Crippen LogP contribution in [-0.4, -0.2) is 30.2 Å². The van der Waals surface area contributed by atoms with Crippen LogP contribution in [0.1, 0.15) is 16.7 Å². The molecule has 0 saturated carbocycles. The molecule has 3 aromatic rings. The maximum absolute atomic E-state index is 8.88. The Hall–Kier alpha value is -2.77. The van der Waals surface area contributed by atoms with E-state index in [1.165, 1.54) is 52.0 Å². The first-order valence-corrected chi connectivity index (χ1v) is 15.2. The third kappa shape index (κ3) is 26.3. The van der Waals surface area contributed by atoms with Crippen molar-refractivity contribution in [3.63, 3.8) is 0 Å². The van der Waals surface area contributed by atoms with E-state index in [1.807, 2.05) is 91.0 Å². The summed E-state index contributed by atoms with van der Waals surface area (Å²) < 4.78 is 8.88. The molecule has 38 heavy (non-hydrogen) atoms. The average Bonchev–Trinajstić information content (AvgIpc) is 2.87. The number of rotatable bonds is 6. The lowest BCUT2D eigenvalue weighted by Crippen LogP contribution is -2.03. The van der Waals surface area contributed by atoms with Crippen LogP contribution in [-0.2, 0) is 21.8 Å². The Kier molecular flexibility index (Phi) is 19.6. The van der Waals surface area contributed by atoms with Crippen LogP contribution in [0.25, 0.3) is 0 Å². The fourth-order valence-electron chi connectivity index (χ4n) is 2.21. The van der Waals surface area contributed by atoms with Gasteiger partial charge in [-0.3, -0.25) is 16.2 Å². The van der Waals surface area contributed by atoms with Gasteiger partial charge in [0.25, 0.3) is 0 Å². The molecule has 0 aliphatic rings. The highest BCUT2D eigenvalue weighted by atomic mass is 32.2. The Labute approximate surface area is 235 Å². The molecule has 0 unspecified atom stereocenters. The predicted molar refractivity (Wildman–Crippen MR) is 163 cm³/mol. The number of nitrogens with two attached hydrogens (primary N) is 3. The number of hydrogen-bond acceptors (Lipinski definition) is 7. The van der Waals surface area contributed by atoms with Gasteiger partial charge in [0.05, 0.1) is 0 Å². The fourth-order valence-corrected chi connectivity index (χ4v) is 3.75. The molecule has 12 N–H and O–H groups in total. The minimum atomic E-state index is -4.64. The summed E-state index contributed by atoms with van der Waals surface area (Å²) >= 11 is 4.04. The lowest BCUT2D eigenvalue weighted by molar-refractivity contribution is 0.275. The van der Waals surface area contributed by atoms with Crippen molar-refractivity contribution in [2.75, 3.05) is 0 Å². The molecule has 0 bridgehead atoms. The summed E-state index contributed by atoms with van der Waals surface area (Å²) in [6.45, 7) is 0. The van der Waals surface area contributed by atoms with Gasteiger partial charge in [0.2, 0.25) is 0 Å². The van der Waals surface area contributed by atoms with Crippen molar-refractivity contribution in [3.05, 3.63) is 108 Å². The van der Waals surface area contributed by atoms with Gasteiger partial charge < -0.3 is 31.9 Å². The fraction of sp³-hybridized carbons (Fsp3) is 0.125. The van der Waals surface area contributed by atoms with Crippen molar-refractivity contribution in [2.45, 2.75) is 17.3 Å². The normalized spacial score (nSPS) is 9.76. The third-order valence-electron chi connectivity index (χ3n) is 3.71. The van der Waals surface area contributed by atoms with E-state index >= 15 is 0 Å². The van der Waals surface area contributed by atoms with E-state index in [4.69, 9.17) is 52.7 Å². The van der Waals surface area contributed by atoms with Gasteiger partial charge in [-0.25, -0.2) is 4.57 Å². The van der Waals surface area contributed by atoms with Crippen molar-refractivity contribution >= 4 is 58.6 Å². The highest BCUT2D eigenvalue weighted by molar-refractivity contribution is 8.13. The zero-order valence-electron chi connectivity index (χ0n) is 20.4. The minimum absolute atomic E-state index is 0.175. The lowest BCUT2D eigenvalue weighted by atomic mass is 10.2. The van der Waals surface area contributed by atoms with Crippen LogP contribution in [0.4, 0.5) is 0 Å². The molecule has 14 heteroatoms. The molecular formula is C24H33N6O4PS3. The van der Waals surface area contributed by atoms with E-state index in [0.29, 0.717) is 0 Å². The van der Waals surface area contributed by atoms with Crippen LogP contribution in [0.3, 0.4) is 0 Å². The van der Waals surface area contributed by atoms with Crippen molar-refractivity contribution in [1.29, 1.82) is 16.2 Å². The Morgan fingerprint density at radius 1 is 0.553 bits per heavy atom. The second kappa shape index (κ2) is 21.2. The standard InChI is InChI=1S/3C8H10N2S.H3O4P/c3*9-8(10)11-6-7-4-2-1-3-5-7;1-5(2,3)4/h3*1-5H,6H2,(H3,9,10);(H3,1,2,3,4). The maximum Gasteiger partial charge on any atom is 0.466 e. The molecular weight excluding hydrogens is 563 g/mol. The van der Waals surface area contributed by atoms with Crippen molar-refractivity contribution in [2.24, 2.45) is 17.2 Å². The molecule has 0 aromatic heterocycles. The summed E-state index contributed by atoms with van der Waals surface area (Å²) in [5, 5.41) is 21.5. The largest absolute Gasteiger partial charge is 0.466 e. The Morgan fingerprint density at radius 3 is 0.895 bits per heavy atom. The molecule has 206 valence electrons. The van der Waals surface area contributed by atoms with Crippen molar-refractivity contribution in [3.8, 4) is 0 Å². The molecule has 0 amide bonds. The number of benzene rings is 3. The summed E-state index contributed by atoms with van der Waals surface area (Å²) in [6, 6.07) is 30.0. The molecule has 0 saturated heterocycles. The molecule has 10 nitrogen and oxygen atoms in total. The van der Waals surface area contributed by atoms with E-state index in [2.05, 4.69) is 0 Å². The SMILES string of the molecule is N=C(N)SCc1ccccc1.N=C(N)SCc1ccccc1.N=C(N)SCc1ccccc1.O=P(O)(O)O. The lowest BCUT2D eigenvalue weighted by Gasteiger charge is -1.97. The topological polar surface area (TPSA) is 227 Å². The van der Waals surface area contributed by atoms with Gasteiger partial charge in [-0.2, -0.15) is 0 Å². The van der Waals surface area contributed by atoms with Gasteiger partial charge in [-0.05, 0) is 16.7 Å². The summed E-state index contributed by atoms with van der Waals surface area (Å²) in [7, 11) is -4.64. The molecule has 0 spiro atoms. The van der Waals surface area contributed by atoms with E-state index in [1.54, 1.807) is 0 Å². The van der Waals surface area contributed by atoms with Gasteiger partial charge >= 0.3 is 7.82 Å². The zero-order valence-corrected chi connectivity index (χ0v) is 23.8. The molecule has 0 radical (unpaired) electrons. The van der Waals surface area contributed by atoms with Crippen LogP contribution in [0.15, 0.2) is 91.0 Å². The highest BCUT2D eigenvalue weighted by Gasteiger charge is 2.00. The Balaban J connectivity index is 0.000000497. The number of thioether (sulfide) groups is 3. The van der Waals surface area contributed by atoms with E-state index in [0.717, 1.165) is 17.3 Å². The second-order valence-electron chi connectivity index (χ2n) is 6.93. The van der Waals surface area contributed by atoms with Crippen LogP contribution >= 0.6 is 43.1 Å². The number of phosphoric acid groups is 1. The summed E-state index contributed by atoms with van der Waals surface area (Å²) in [5.74, 6) is 2.36. The van der Waals surface area contributed by atoms with Gasteiger partial charge in [0, 0.05) is 17.3 Å². The first-order valence-electron chi connectivity index (χ1n) is 10.7. The first-order chi connectivity index (χ1) is 17.9. The zero-order chi connectivity index (χ0) is 28.8. The second-order valence-corrected chi connectivity index (χ2v) is 11.0. The quantitative estimate of drug-likeness (QED) is 0.110. The molecule has 0 fully saturated rings. The molecule has 0 heterocycles. The van der Waals surface area contributed by atoms with Gasteiger partial charge in [0.1, 0.15) is 0 Å². The molecule has 0 aliphatic carbocycles. The van der Waals surface area contributed by atoms with Gasteiger partial charge in [-0.1, -0.05) is 126 Å². The smallest absolute Gasteiger partial charge is 0.379 e. The monoisotopic (exact) mass is 596 g/mol. The summed E-state index contributed by atoms with van der Waals surface area (Å²) in [6.07, 6.45) is 0. The highest BCUT2D eigenvalue weighted by Crippen LogP contribution is 2.25. The van der Waals surface area contributed by atoms with Crippen LogP contribution in [0.5, 0.6) is 0 Å². The minimum Gasteiger partial charge on any atom is -0.379 e. The molecule has 3 rings (SSSR count). The Bertz CT molecular complexity index is 988. The van der Waals surface area contributed by atoms with Crippen LogP contribution in [0, 0.1) is 16.2 Å². The molecule has 3 aromatic carbocycles. The van der Waals surface area contributed by atoms with Gasteiger partial charge in [0.15, 0.2) is 15.5 Å². The Morgan fingerprint density at radius 2 is 0.737 bits per heavy atom. The first kappa shape index (κ1) is 35.2. The number of amidine groups is 3. The molecule has 0 aliphatic heterocycles. The van der Waals surface area contributed by atoms with Crippen LogP contribution in [0.2, 0.25) is 0 Å². The van der Waals surface area contributed by atoms with E-state index in [9.17, 15) is 0 Å². The maximum atomic E-state index is 8.88. The summed E-state index contributed by atoms with van der Waals surface area (Å²) in [5.41, 5.74) is 19.2. The predicted octanol–water partition coefficient (Wildman–Crippen LogP) is 4.51. The van der Waals surface area contributed by atoms with Crippen LogP contribution < -0.4 is 17.2 Å². The van der Waals surface area contributed by atoms with Crippen molar-refractivity contribution in [1.82, 2.24) is 0 Å². The third-order valence-corrected chi connectivity index (χ3v) is 6.08.